The van der Waals surface area contributed by atoms with Gasteiger partial charge in [0.05, 0.1) is 0 Å². The quantitative estimate of drug-likeness (QED) is 0.405. The predicted octanol–water partition coefficient (Wildman–Crippen LogP) is -3.68. The zero-order valence-corrected chi connectivity index (χ0v) is 8.79. The van der Waals surface area contributed by atoms with E-state index < -0.39 is 15.4 Å². The van der Waals surface area contributed by atoms with Gasteiger partial charge in [0.15, 0.2) is 0 Å². The molecule has 6 heavy (non-hydrogen) atoms. The Labute approximate surface area is 94.6 Å². The molecule has 3 nitrogen and oxygen atoms in total. The van der Waals surface area contributed by atoms with Crippen molar-refractivity contribution in [1.29, 1.82) is 0 Å². The van der Waals surface area contributed by atoms with Crippen LogP contribution in [0, 0.1) is 0 Å². The molecule has 0 aromatic heterocycles. The second-order valence-electron chi connectivity index (χ2n) is 0.238. The van der Waals surface area contributed by atoms with Gasteiger partial charge in [-0.3, -0.25) is 0 Å². The van der Waals surface area contributed by atoms with Crippen LogP contribution in [0.4, 0.5) is 0 Å². The first-order chi connectivity index (χ1) is 1.73. The van der Waals surface area contributed by atoms with Crippen molar-refractivity contribution in [1.82, 2.24) is 0 Å². The first-order valence-corrected chi connectivity index (χ1v) is 2.33. The molecular formula is H2KMnO3V. The Morgan fingerprint density at radius 1 is 1.50 bits per heavy atom. The molecular weight excluding hydrogens is 193 g/mol. The Morgan fingerprint density at radius 2 is 1.50 bits per heavy atom. The summed E-state index contributed by atoms with van der Waals surface area (Å²) in [5.74, 6) is 0. The molecule has 0 heterocycles. The van der Waals surface area contributed by atoms with E-state index in [9.17, 15) is 0 Å². The molecule has 1 radical (unpaired) electrons. The van der Waals surface area contributed by atoms with Gasteiger partial charge in [-0.05, 0) is 0 Å². The van der Waals surface area contributed by atoms with Crippen LogP contribution >= 0.6 is 0 Å². The van der Waals surface area contributed by atoms with Crippen LogP contribution in [0.1, 0.15) is 1.43 Å². The molecule has 0 aromatic rings. The number of rotatable bonds is 0. The van der Waals surface area contributed by atoms with Gasteiger partial charge in [-0.1, -0.05) is 0 Å². The number of hydrogen-bond donors (Lipinski definition) is 1. The summed E-state index contributed by atoms with van der Waals surface area (Å²) in [4.78, 5) is 0. The molecule has 0 saturated heterocycles. The van der Waals surface area contributed by atoms with Crippen LogP contribution in [0.3, 0.4) is 0 Å². The second kappa shape index (κ2) is 10.3. The van der Waals surface area contributed by atoms with Crippen LogP contribution in [-0.4, -0.2) is 4.03 Å². The van der Waals surface area contributed by atoms with E-state index in [1.165, 1.54) is 0 Å². The Bertz CT molecular complexity index is 63.3. The molecule has 0 spiro atoms. The fraction of sp³-hybridized carbons (Fsp3) is 0. The van der Waals surface area contributed by atoms with Gasteiger partial charge in [0.25, 0.3) is 0 Å². The van der Waals surface area contributed by atoms with Crippen molar-refractivity contribution >= 4 is 0 Å². The molecule has 0 unspecified atom stereocenters. The topological polar surface area (TPSA) is 54.4 Å². The fourth-order valence-corrected chi connectivity index (χ4v) is 0. The molecule has 0 saturated carbocycles. The molecule has 0 atom stereocenters. The van der Waals surface area contributed by atoms with Gasteiger partial charge in [-0.25, -0.2) is 0 Å². The van der Waals surface area contributed by atoms with Crippen molar-refractivity contribution in [3.63, 3.8) is 0 Å². The van der Waals surface area contributed by atoms with E-state index in [4.69, 9.17) is 11.4 Å². The first-order valence-electron chi connectivity index (χ1n) is 0.565. The van der Waals surface area contributed by atoms with Crippen molar-refractivity contribution in [2.75, 3.05) is 0 Å². The maximum absolute atomic E-state index is 8.67. The SMILES string of the molecule is [H-].[K+].[Mn].[O]=[V](=[O])[OH]. The summed E-state index contributed by atoms with van der Waals surface area (Å²) in [5, 5.41) is 0. The van der Waals surface area contributed by atoms with E-state index in [0.29, 0.717) is 0 Å². The Morgan fingerprint density at radius 3 is 1.50 bits per heavy atom. The molecule has 0 rings (SSSR count). The summed E-state index contributed by atoms with van der Waals surface area (Å²) in [5.41, 5.74) is 0. The Kier molecular flexibility index (Phi) is 27.1. The summed E-state index contributed by atoms with van der Waals surface area (Å²) in [7, 11) is 0. The van der Waals surface area contributed by atoms with Crippen LogP contribution in [0.15, 0.2) is 0 Å². The van der Waals surface area contributed by atoms with E-state index in [1.807, 2.05) is 0 Å². The third-order valence-corrected chi connectivity index (χ3v) is 0. The fourth-order valence-electron chi connectivity index (χ4n) is 0. The van der Waals surface area contributed by atoms with Gasteiger partial charge in [-0.2, -0.15) is 0 Å². The summed E-state index contributed by atoms with van der Waals surface area (Å²) < 4.78 is 24.4. The number of hydrogen-bond acceptors (Lipinski definition) is 2. The molecule has 0 amide bonds. The summed E-state index contributed by atoms with van der Waals surface area (Å²) in [6, 6.07) is 0. The normalized spacial score (nSPS) is 4.17. The molecule has 0 aromatic carbocycles. The van der Waals surface area contributed by atoms with E-state index in [1.54, 1.807) is 0 Å². The van der Waals surface area contributed by atoms with Crippen molar-refractivity contribution < 1.29 is 96.7 Å². The van der Waals surface area contributed by atoms with E-state index in [2.05, 4.69) is 0 Å². The minimum absolute atomic E-state index is 0. The average molecular weight is 195 g/mol. The molecule has 0 aliphatic heterocycles. The van der Waals surface area contributed by atoms with Crippen molar-refractivity contribution in [2.24, 2.45) is 0 Å². The zero-order valence-electron chi connectivity index (χ0n) is 4.09. The van der Waals surface area contributed by atoms with Gasteiger partial charge in [-0.15, -0.1) is 0 Å². The Hall–Kier alpha value is 2.30. The molecule has 6 heteroatoms. The molecule has 0 aliphatic rings. The predicted molar refractivity (Wildman–Crippen MR) is 4.70 cm³/mol. The van der Waals surface area contributed by atoms with Gasteiger partial charge < -0.3 is 1.43 Å². The van der Waals surface area contributed by atoms with Gasteiger partial charge in [0, 0.05) is 17.1 Å². The van der Waals surface area contributed by atoms with Crippen molar-refractivity contribution in [2.45, 2.75) is 0 Å². The monoisotopic (exact) mass is 195 g/mol. The van der Waals surface area contributed by atoms with E-state index >= 15 is 0 Å². The van der Waals surface area contributed by atoms with E-state index in [-0.39, 0.29) is 69.9 Å². The summed E-state index contributed by atoms with van der Waals surface area (Å²) >= 11 is -3.69. The molecule has 0 bridgehead atoms. The van der Waals surface area contributed by atoms with Crippen LogP contribution in [0.5, 0.6) is 0 Å². The molecule has 1 N–H and O–H groups in total. The summed E-state index contributed by atoms with van der Waals surface area (Å²) in [6.45, 7) is 0. The standard InChI is InChI=1S/K.Mn.H2O.2O.V.H/h;;1H2;;;;/q+1;;;;;+1;-1/p-1. The Balaban J connectivity index is -0.0000000150. The van der Waals surface area contributed by atoms with Crippen LogP contribution in [0.2, 0.25) is 0 Å². The third-order valence-electron chi connectivity index (χ3n) is 0. The molecule has 0 aliphatic carbocycles. The minimum atomic E-state index is -3.69. The van der Waals surface area contributed by atoms with E-state index in [0.717, 1.165) is 0 Å². The first kappa shape index (κ1) is 15.7. The van der Waals surface area contributed by atoms with Crippen LogP contribution < -0.4 is 51.4 Å². The van der Waals surface area contributed by atoms with Crippen LogP contribution in [-0.2, 0) is 39.8 Å². The third kappa shape index (κ3) is 33.5. The van der Waals surface area contributed by atoms with Crippen molar-refractivity contribution in [3.05, 3.63) is 0 Å². The second-order valence-corrected chi connectivity index (χ2v) is 0.981. The van der Waals surface area contributed by atoms with Gasteiger partial charge in [0.2, 0.25) is 0 Å². The van der Waals surface area contributed by atoms with Gasteiger partial charge in [0.1, 0.15) is 0 Å². The zero-order chi connectivity index (χ0) is 3.58. The maximum atomic E-state index is 8.67. The molecule has 0 fully saturated rings. The van der Waals surface area contributed by atoms with Gasteiger partial charge >= 0.3 is 78.2 Å². The van der Waals surface area contributed by atoms with Crippen LogP contribution in [0.25, 0.3) is 0 Å². The molecule has 33 valence electrons. The average Bonchev–Trinajstić information content (AvgIpc) is 0.811. The van der Waals surface area contributed by atoms with Crippen molar-refractivity contribution in [3.8, 4) is 0 Å². The summed E-state index contributed by atoms with van der Waals surface area (Å²) in [6.07, 6.45) is 0.